The lowest BCUT2D eigenvalue weighted by Gasteiger charge is -2.14. The third kappa shape index (κ3) is 2.28. The molecular formula is C15H10N2O5. The summed E-state index contributed by atoms with van der Waals surface area (Å²) in [5.74, 6) is -1.68. The first kappa shape index (κ1) is 13.7. The molecule has 0 aliphatic carbocycles. The van der Waals surface area contributed by atoms with E-state index in [0.29, 0.717) is 11.4 Å². The summed E-state index contributed by atoms with van der Waals surface area (Å²) in [4.78, 5) is 39.9. The van der Waals surface area contributed by atoms with Gasteiger partial charge in [-0.1, -0.05) is 0 Å². The van der Waals surface area contributed by atoms with Gasteiger partial charge in [-0.3, -0.25) is 14.6 Å². The Labute approximate surface area is 124 Å². The quantitative estimate of drug-likeness (QED) is 0.856. The number of nitrogens with zero attached hydrogens (tertiary/aromatic N) is 2. The zero-order valence-corrected chi connectivity index (χ0v) is 11.2. The van der Waals surface area contributed by atoms with Crippen LogP contribution in [0.15, 0.2) is 42.6 Å². The predicted octanol–water partition coefficient (Wildman–Crippen LogP) is 1.35. The van der Waals surface area contributed by atoms with Crippen molar-refractivity contribution >= 4 is 23.5 Å². The van der Waals surface area contributed by atoms with Crippen molar-refractivity contribution in [3.63, 3.8) is 0 Å². The number of carboxylic acid groups (broad SMARTS) is 1. The Morgan fingerprint density at radius 1 is 1.14 bits per heavy atom. The molecule has 7 nitrogen and oxygen atoms in total. The zero-order valence-electron chi connectivity index (χ0n) is 11.2. The molecule has 1 aromatic heterocycles. The highest BCUT2D eigenvalue weighted by Gasteiger charge is 2.37. The fourth-order valence-corrected chi connectivity index (χ4v) is 2.14. The third-order valence-corrected chi connectivity index (χ3v) is 3.10. The van der Waals surface area contributed by atoms with Crippen LogP contribution in [-0.4, -0.2) is 34.5 Å². The summed E-state index contributed by atoms with van der Waals surface area (Å²) in [6.45, 7) is -0.462. The highest BCUT2D eigenvalue weighted by atomic mass is 16.5. The summed E-state index contributed by atoms with van der Waals surface area (Å²) in [5.41, 5.74) is 0.757. The van der Waals surface area contributed by atoms with Gasteiger partial charge in [-0.15, -0.1) is 0 Å². The number of rotatable bonds is 4. The highest BCUT2D eigenvalue weighted by molar-refractivity contribution is 6.33. The third-order valence-electron chi connectivity index (χ3n) is 3.10. The molecule has 0 unspecified atom stereocenters. The molecule has 0 atom stereocenters. The second-order valence-corrected chi connectivity index (χ2v) is 4.52. The summed E-state index contributed by atoms with van der Waals surface area (Å²) in [6, 6.07) is 9.16. The van der Waals surface area contributed by atoms with E-state index in [9.17, 15) is 14.4 Å². The molecule has 3 rings (SSSR count). The van der Waals surface area contributed by atoms with Gasteiger partial charge in [0.25, 0.3) is 11.8 Å². The lowest BCUT2D eigenvalue weighted by molar-refractivity contribution is -0.139. The molecule has 2 amide bonds. The van der Waals surface area contributed by atoms with Crippen molar-refractivity contribution < 1.29 is 24.2 Å². The first-order chi connectivity index (χ1) is 10.6. The Bertz CT molecular complexity index is 735. The number of carboxylic acids is 1. The van der Waals surface area contributed by atoms with E-state index in [0.717, 1.165) is 4.90 Å². The van der Waals surface area contributed by atoms with Crippen molar-refractivity contribution in [3.8, 4) is 5.75 Å². The monoisotopic (exact) mass is 298 g/mol. The van der Waals surface area contributed by atoms with E-state index >= 15 is 0 Å². The molecule has 0 saturated carbocycles. The van der Waals surface area contributed by atoms with Crippen LogP contribution in [0.5, 0.6) is 5.75 Å². The number of aromatic nitrogens is 1. The van der Waals surface area contributed by atoms with Crippen molar-refractivity contribution in [2.75, 3.05) is 11.5 Å². The summed E-state index contributed by atoms with van der Waals surface area (Å²) >= 11 is 0. The summed E-state index contributed by atoms with van der Waals surface area (Å²) in [5, 5.41) is 8.54. The Morgan fingerprint density at radius 3 is 2.50 bits per heavy atom. The van der Waals surface area contributed by atoms with E-state index in [2.05, 4.69) is 4.98 Å². The molecule has 22 heavy (non-hydrogen) atoms. The van der Waals surface area contributed by atoms with E-state index in [1.807, 2.05) is 0 Å². The largest absolute Gasteiger partial charge is 0.482 e. The number of carbonyl (C=O) groups is 3. The Kier molecular flexibility index (Phi) is 3.30. The molecular weight excluding hydrogens is 288 g/mol. The standard InChI is InChI=1S/C15H10N2O5/c18-12(19)8-22-10-5-3-9(4-6-10)17-14(20)11-2-1-7-16-13(11)15(17)21/h1-7H,8H2,(H,18,19). The number of imide groups is 1. The van der Waals surface area contributed by atoms with E-state index in [4.69, 9.17) is 9.84 Å². The van der Waals surface area contributed by atoms with Crippen LogP contribution >= 0.6 is 0 Å². The lowest BCUT2D eigenvalue weighted by Crippen LogP contribution is -2.29. The van der Waals surface area contributed by atoms with Crippen molar-refractivity contribution in [2.45, 2.75) is 0 Å². The van der Waals surface area contributed by atoms with Gasteiger partial charge in [0.2, 0.25) is 0 Å². The number of anilines is 1. The number of fused-ring (bicyclic) bond motifs is 1. The van der Waals surface area contributed by atoms with Gasteiger partial charge in [0.15, 0.2) is 6.61 Å². The SMILES string of the molecule is O=C(O)COc1ccc(N2C(=O)c3cccnc3C2=O)cc1. The lowest BCUT2D eigenvalue weighted by atomic mass is 10.2. The molecule has 7 heteroatoms. The molecule has 0 radical (unpaired) electrons. The maximum atomic E-state index is 12.3. The molecule has 1 aliphatic rings. The number of ether oxygens (including phenoxy) is 1. The molecule has 2 aromatic rings. The topological polar surface area (TPSA) is 96.8 Å². The number of benzene rings is 1. The molecule has 110 valence electrons. The van der Waals surface area contributed by atoms with Crippen LogP contribution < -0.4 is 9.64 Å². The zero-order chi connectivity index (χ0) is 15.7. The van der Waals surface area contributed by atoms with E-state index in [1.165, 1.54) is 30.5 Å². The summed E-state index contributed by atoms with van der Waals surface area (Å²) in [7, 11) is 0. The first-order valence-corrected chi connectivity index (χ1v) is 6.36. The predicted molar refractivity (Wildman–Crippen MR) is 74.9 cm³/mol. The van der Waals surface area contributed by atoms with Gasteiger partial charge < -0.3 is 9.84 Å². The van der Waals surface area contributed by atoms with E-state index in [1.54, 1.807) is 12.1 Å². The average molecular weight is 298 g/mol. The number of pyridine rings is 1. The second kappa shape index (κ2) is 5.28. The Morgan fingerprint density at radius 2 is 1.86 bits per heavy atom. The van der Waals surface area contributed by atoms with Gasteiger partial charge in [0, 0.05) is 6.20 Å². The van der Waals surface area contributed by atoms with Crippen molar-refractivity contribution in [1.82, 2.24) is 4.98 Å². The number of amides is 2. The van der Waals surface area contributed by atoms with Crippen LogP contribution in [0.25, 0.3) is 0 Å². The van der Waals surface area contributed by atoms with Crippen LogP contribution in [0.3, 0.4) is 0 Å². The van der Waals surface area contributed by atoms with Crippen LogP contribution in [0.4, 0.5) is 5.69 Å². The number of aliphatic carboxylic acids is 1. The number of hydrogen-bond donors (Lipinski definition) is 1. The van der Waals surface area contributed by atoms with Crippen LogP contribution in [0, 0.1) is 0 Å². The minimum atomic E-state index is -1.09. The molecule has 1 aromatic carbocycles. The Hall–Kier alpha value is -3.22. The summed E-state index contributed by atoms with van der Waals surface area (Å²) in [6.07, 6.45) is 1.45. The van der Waals surface area contributed by atoms with Gasteiger partial charge in [0.1, 0.15) is 11.4 Å². The van der Waals surface area contributed by atoms with Crippen LogP contribution in [0.1, 0.15) is 20.8 Å². The highest BCUT2D eigenvalue weighted by Crippen LogP contribution is 2.28. The van der Waals surface area contributed by atoms with Crippen LogP contribution in [-0.2, 0) is 4.79 Å². The first-order valence-electron chi connectivity index (χ1n) is 6.36. The molecule has 0 bridgehead atoms. The number of hydrogen-bond acceptors (Lipinski definition) is 5. The number of carbonyl (C=O) groups excluding carboxylic acids is 2. The normalized spacial score (nSPS) is 13.2. The minimum absolute atomic E-state index is 0.124. The fourth-order valence-electron chi connectivity index (χ4n) is 2.14. The van der Waals surface area contributed by atoms with E-state index in [-0.39, 0.29) is 11.3 Å². The van der Waals surface area contributed by atoms with Crippen molar-refractivity contribution in [2.24, 2.45) is 0 Å². The maximum Gasteiger partial charge on any atom is 0.341 e. The van der Waals surface area contributed by atoms with Crippen molar-refractivity contribution in [1.29, 1.82) is 0 Å². The van der Waals surface area contributed by atoms with Crippen LogP contribution in [0.2, 0.25) is 0 Å². The minimum Gasteiger partial charge on any atom is -0.482 e. The van der Waals surface area contributed by atoms with E-state index < -0.39 is 24.4 Å². The molecule has 1 N–H and O–H groups in total. The Balaban J connectivity index is 1.85. The molecule has 0 fully saturated rings. The van der Waals surface area contributed by atoms with Crippen molar-refractivity contribution in [3.05, 3.63) is 53.9 Å². The van der Waals surface area contributed by atoms with Gasteiger partial charge >= 0.3 is 5.97 Å². The van der Waals surface area contributed by atoms with Gasteiger partial charge in [-0.25, -0.2) is 9.69 Å². The summed E-state index contributed by atoms with van der Waals surface area (Å²) < 4.78 is 5.00. The maximum absolute atomic E-state index is 12.3. The van der Waals surface area contributed by atoms with Gasteiger partial charge in [-0.05, 0) is 36.4 Å². The van der Waals surface area contributed by atoms with Gasteiger partial charge in [-0.2, -0.15) is 0 Å². The molecule has 1 aliphatic heterocycles. The molecule has 0 saturated heterocycles. The van der Waals surface area contributed by atoms with Gasteiger partial charge in [0.05, 0.1) is 11.3 Å². The molecule has 0 spiro atoms. The fraction of sp³-hybridized carbons (Fsp3) is 0.0667. The second-order valence-electron chi connectivity index (χ2n) is 4.52. The average Bonchev–Trinajstić information content (AvgIpc) is 2.78. The smallest absolute Gasteiger partial charge is 0.341 e. The molecule has 2 heterocycles.